The van der Waals surface area contributed by atoms with Crippen molar-refractivity contribution in [1.29, 1.82) is 0 Å². The number of anilines is 2. The zero-order valence-electron chi connectivity index (χ0n) is 25.6. The molecule has 234 valence electrons. The number of hydrogen-bond donors (Lipinski definition) is 2. The second-order valence-corrected chi connectivity index (χ2v) is 10.7. The second kappa shape index (κ2) is 13.6. The summed E-state index contributed by atoms with van der Waals surface area (Å²) in [6.07, 6.45) is 4.51. The van der Waals surface area contributed by atoms with E-state index < -0.39 is 23.2 Å². The number of amides is 2. The maximum absolute atomic E-state index is 13.7. The molecule has 3 heterocycles. The number of aryl methyl sites for hydroxylation is 2. The number of rotatable bonds is 9. The minimum Gasteiger partial charge on any atom is -0.493 e. The smallest absolute Gasteiger partial charge is 0.331 e. The summed E-state index contributed by atoms with van der Waals surface area (Å²) in [5.41, 5.74) is 2.54. The number of hydrogen-bond acceptors (Lipinski definition) is 8. The molecule has 2 N–H and O–H groups in total. The summed E-state index contributed by atoms with van der Waals surface area (Å²) in [6.45, 7) is 1.41. The second-order valence-electron chi connectivity index (χ2n) is 10.7. The van der Waals surface area contributed by atoms with Crippen LogP contribution in [0.5, 0.6) is 11.5 Å². The van der Waals surface area contributed by atoms with Gasteiger partial charge in [-0.25, -0.2) is 9.78 Å². The van der Waals surface area contributed by atoms with Crippen LogP contribution in [0.25, 0.3) is 11.1 Å². The lowest BCUT2D eigenvalue weighted by Crippen LogP contribution is -2.44. The van der Waals surface area contributed by atoms with Crippen molar-refractivity contribution in [3.8, 4) is 22.6 Å². The number of ether oxygens (including phenoxy) is 3. The van der Waals surface area contributed by atoms with E-state index in [1.54, 1.807) is 43.5 Å². The van der Waals surface area contributed by atoms with Crippen LogP contribution in [-0.2, 0) is 40.1 Å². The number of aromatic nitrogens is 3. The van der Waals surface area contributed by atoms with Gasteiger partial charge in [0.05, 0.1) is 38.9 Å². The van der Waals surface area contributed by atoms with Gasteiger partial charge in [0.15, 0.2) is 11.5 Å². The summed E-state index contributed by atoms with van der Waals surface area (Å²) >= 11 is 0. The summed E-state index contributed by atoms with van der Waals surface area (Å²) in [5, 5.41) is 5.72. The Morgan fingerprint density at radius 2 is 1.78 bits per heavy atom. The molecular weight excluding hydrogens is 578 g/mol. The third-order valence-electron chi connectivity index (χ3n) is 7.70. The quantitative estimate of drug-likeness (QED) is 0.293. The molecule has 0 bridgehead atoms. The van der Waals surface area contributed by atoms with E-state index >= 15 is 0 Å². The molecular formula is C33H35N5O7. The van der Waals surface area contributed by atoms with Gasteiger partial charge >= 0.3 is 5.69 Å². The maximum Gasteiger partial charge on any atom is 0.331 e. The van der Waals surface area contributed by atoms with Crippen LogP contribution in [0.1, 0.15) is 29.7 Å². The van der Waals surface area contributed by atoms with Gasteiger partial charge in [-0.05, 0) is 60.7 Å². The number of carbonyl (C=O) groups excluding carboxylic acids is 2. The standard InChI is InChI=1S/C33H35N5O7/c1-20(19-43-2)38-32(41)26(25-8-5-9-27(44-3)30(25)45-4)17-37(33(38)42)18-29(40)35-24-13-12-21-10-11-22-7-6-14-34-31(22)36-28(39)16-23(21)15-24/h5-9,12-15,17,20H,10-11,16,18-19H2,1-4H3,(H,35,40)(H,34,36,39)/t20-/m1/s1. The molecule has 2 aromatic heterocycles. The Morgan fingerprint density at radius 1 is 0.978 bits per heavy atom. The van der Waals surface area contributed by atoms with Crippen molar-refractivity contribution in [3.05, 3.63) is 98.5 Å². The number of methoxy groups -OCH3 is 3. The Balaban J connectivity index is 1.46. The van der Waals surface area contributed by atoms with E-state index in [0.29, 0.717) is 41.4 Å². The number of nitrogens with one attached hydrogen (secondary N) is 2. The van der Waals surface area contributed by atoms with E-state index in [0.717, 1.165) is 21.3 Å². The van der Waals surface area contributed by atoms with Crippen LogP contribution < -0.4 is 31.4 Å². The van der Waals surface area contributed by atoms with Crippen LogP contribution in [0.3, 0.4) is 0 Å². The summed E-state index contributed by atoms with van der Waals surface area (Å²) in [4.78, 5) is 57.7. The first-order chi connectivity index (χ1) is 21.7. The van der Waals surface area contributed by atoms with Crippen LogP contribution in [-0.4, -0.2) is 53.9 Å². The van der Waals surface area contributed by atoms with Crippen LogP contribution in [0.4, 0.5) is 11.5 Å². The van der Waals surface area contributed by atoms with E-state index in [4.69, 9.17) is 14.2 Å². The Kier molecular flexibility index (Phi) is 9.43. The highest BCUT2D eigenvalue weighted by molar-refractivity contribution is 5.94. The van der Waals surface area contributed by atoms with Gasteiger partial charge < -0.3 is 24.8 Å². The van der Waals surface area contributed by atoms with Crippen molar-refractivity contribution in [3.63, 3.8) is 0 Å². The van der Waals surface area contributed by atoms with Crippen LogP contribution in [0, 0.1) is 0 Å². The van der Waals surface area contributed by atoms with E-state index in [2.05, 4.69) is 15.6 Å². The van der Waals surface area contributed by atoms with Crippen molar-refractivity contribution < 1.29 is 23.8 Å². The Bertz CT molecular complexity index is 1860. The average Bonchev–Trinajstić information content (AvgIpc) is 3.08. The molecule has 0 aliphatic carbocycles. The molecule has 12 heteroatoms. The Morgan fingerprint density at radius 3 is 2.53 bits per heavy atom. The largest absolute Gasteiger partial charge is 0.493 e. The highest BCUT2D eigenvalue weighted by Gasteiger charge is 2.22. The van der Waals surface area contributed by atoms with E-state index in [9.17, 15) is 19.2 Å². The zero-order chi connectivity index (χ0) is 32.1. The van der Waals surface area contributed by atoms with Crippen molar-refractivity contribution in [1.82, 2.24) is 14.1 Å². The predicted octanol–water partition coefficient (Wildman–Crippen LogP) is 3.22. The molecule has 12 nitrogen and oxygen atoms in total. The van der Waals surface area contributed by atoms with Crippen LogP contribution in [0.2, 0.25) is 0 Å². The molecule has 0 saturated heterocycles. The number of pyridine rings is 1. The Labute approximate surface area is 259 Å². The molecule has 0 unspecified atom stereocenters. The van der Waals surface area contributed by atoms with Gasteiger partial charge in [-0.3, -0.25) is 23.5 Å². The number of carbonyl (C=O) groups is 2. The lowest BCUT2D eigenvalue weighted by atomic mass is 9.98. The van der Waals surface area contributed by atoms with Crippen LogP contribution >= 0.6 is 0 Å². The predicted molar refractivity (Wildman–Crippen MR) is 169 cm³/mol. The molecule has 0 radical (unpaired) electrons. The molecule has 2 aromatic carbocycles. The van der Waals surface area contributed by atoms with Gasteiger partial charge in [0.2, 0.25) is 11.8 Å². The van der Waals surface area contributed by atoms with E-state index in [1.165, 1.54) is 32.1 Å². The summed E-state index contributed by atoms with van der Waals surface area (Å²) in [6, 6.07) is 13.7. The number of para-hydroxylation sites is 1. The van der Waals surface area contributed by atoms with Gasteiger partial charge in [-0.2, -0.15) is 0 Å². The maximum atomic E-state index is 13.7. The fourth-order valence-electron chi connectivity index (χ4n) is 5.56. The molecule has 4 aromatic rings. The topological polar surface area (TPSA) is 143 Å². The molecule has 1 aliphatic rings. The summed E-state index contributed by atoms with van der Waals surface area (Å²) in [5.74, 6) is 0.582. The minimum absolute atomic E-state index is 0.101. The lowest BCUT2D eigenvalue weighted by molar-refractivity contribution is -0.117. The van der Waals surface area contributed by atoms with Gasteiger partial charge in [-0.15, -0.1) is 0 Å². The monoisotopic (exact) mass is 613 g/mol. The van der Waals surface area contributed by atoms with Crippen molar-refractivity contribution in [2.45, 2.75) is 38.8 Å². The highest BCUT2D eigenvalue weighted by atomic mass is 16.5. The lowest BCUT2D eigenvalue weighted by Gasteiger charge is -2.19. The van der Waals surface area contributed by atoms with Crippen molar-refractivity contribution >= 4 is 23.3 Å². The van der Waals surface area contributed by atoms with Crippen molar-refractivity contribution in [2.75, 3.05) is 38.6 Å². The third kappa shape index (κ3) is 6.65. The number of nitrogens with zero attached hydrogens (tertiary/aromatic N) is 3. The van der Waals surface area contributed by atoms with Gasteiger partial charge in [0.25, 0.3) is 5.56 Å². The average molecular weight is 614 g/mol. The highest BCUT2D eigenvalue weighted by Crippen LogP contribution is 2.36. The fourth-order valence-corrected chi connectivity index (χ4v) is 5.56. The molecule has 0 saturated carbocycles. The summed E-state index contributed by atoms with van der Waals surface area (Å²) in [7, 11) is 4.42. The minimum atomic E-state index is -0.662. The van der Waals surface area contributed by atoms with Crippen LogP contribution in [0.15, 0.2) is 70.5 Å². The fraction of sp³-hybridized carbons (Fsp3) is 0.303. The Hall–Kier alpha value is -5.23. The molecule has 2 amide bonds. The first-order valence-corrected chi connectivity index (χ1v) is 14.5. The van der Waals surface area contributed by atoms with Gasteiger partial charge in [0.1, 0.15) is 12.4 Å². The number of fused-ring (bicyclic) bond motifs is 2. The number of benzene rings is 2. The molecule has 1 aliphatic heterocycles. The molecule has 0 spiro atoms. The normalized spacial score (nSPS) is 13.3. The first kappa shape index (κ1) is 31.2. The third-order valence-corrected chi connectivity index (χ3v) is 7.70. The SMILES string of the molecule is COC[C@@H](C)n1c(=O)c(-c2cccc(OC)c2OC)cn(CC(=O)Nc2ccc3c(c2)CC(=O)Nc2ncccc2CC3)c1=O. The van der Waals surface area contributed by atoms with E-state index in [1.807, 2.05) is 18.2 Å². The molecule has 45 heavy (non-hydrogen) atoms. The summed E-state index contributed by atoms with van der Waals surface area (Å²) < 4.78 is 18.5. The zero-order valence-corrected chi connectivity index (χ0v) is 25.6. The van der Waals surface area contributed by atoms with Gasteiger partial charge in [0, 0.05) is 30.8 Å². The van der Waals surface area contributed by atoms with Crippen molar-refractivity contribution in [2.24, 2.45) is 0 Å². The van der Waals surface area contributed by atoms with E-state index in [-0.39, 0.29) is 31.0 Å². The molecule has 1 atom stereocenters. The first-order valence-electron chi connectivity index (χ1n) is 14.5. The van der Waals surface area contributed by atoms with Gasteiger partial charge in [-0.1, -0.05) is 24.3 Å². The molecule has 0 fully saturated rings. The molecule has 5 rings (SSSR count).